The molecule has 0 saturated carbocycles. The average Bonchev–Trinajstić information content (AvgIpc) is 1.85. The second-order valence-electron chi connectivity index (χ2n) is 1.96. The molecule has 1 aromatic heterocycles. The van der Waals surface area contributed by atoms with E-state index in [1.54, 1.807) is 6.07 Å². The quantitative estimate of drug-likeness (QED) is 0.731. The van der Waals surface area contributed by atoms with Crippen LogP contribution in [0.3, 0.4) is 0 Å². The zero-order valence-corrected chi connectivity index (χ0v) is 7.72. The highest BCUT2D eigenvalue weighted by molar-refractivity contribution is 9.10. The van der Waals surface area contributed by atoms with Crippen molar-refractivity contribution in [2.24, 2.45) is 0 Å². The Bertz CT molecular complexity index is 230. The number of nitrogens with zero attached hydrogens (tertiary/aromatic N) is 2. The van der Waals surface area contributed by atoms with Crippen LogP contribution in [0.5, 0.6) is 0 Å². The van der Waals surface area contributed by atoms with Crippen LogP contribution in [-0.2, 0) is 0 Å². The average molecular weight is 217 g/mol. The van der Waals surface area contributed by atoms with Crippen molar-refractivity contribution in [1.29, 1.82) is 0 Å². The number of aromatic nitrogens is 2. The van der Waals surface area contributed by atoms with E-state index in [9.17, 15) is 0 Å². The molecule has 0 aromatic carbocycles. The Hall–Kier alpha value is -0.840. The van der Waals surface area contributed by atoms with Crippen LogP contribution in [0.2, 0.25) is 0 Å². The molecule has 0 saturated heterocycles. The van der Waals surface area contributed by atoms with Crippen LogP contribution in [0.25, 0.3) is 0 Å². The van der Waals surface area contributed by atoms with Gasteiger partial charge in [-0.25, -0.2) is 4.98 Å². The first-order valence-corrected chi connectivity index (χ1v) is 4.05. The number of halogens is 1. The zero-order chi connectivity index (χ0) is 8.27. The van der Waals surface area contributed by atoms with Gasteiger partial charge in [-0.2, -0.15) is 4.98 Å². The third-order valence-corrected chi connectivity index (χ3v) is 1.48. The summed E-state index contributed by atoms with van der Waals surface area (Å²) in [5.41, 5.74) is 5.40. The predicted octanol–water partition coefficient (Wildman–Crippen LogP) is 1.25. The molecule has 0 aliphatic carbocycles. The molecule has 0 atom stereocenters. The molecule has 3 N–H and O–H groups in total. The molecule has 0 amide bonds. The van der Waals surface area contributed by atoms with Gasteiger partial charge in [0.2, 0.25) is 5.95 Å². The molecule has 5 heteroatoms. The Kier molecular flexibility index (Phi) is 2.64. The lowest BCUT2D eigenvalue weighted by atomic mass is 10.5. The Morgan fingerprint density at radius 1 is 1.64 bits per heavy atom. The summed E-state index contributed by atoms with van der Waals surface area (Å²) in [5.74, 6) is 1.02. The van der Waals surface area contributed by atoms with Gasteiger partial charge >= 0.3 is 0 Å². The first kappa shape index (κ1) is 8.26. The van der Waals surface area contributed by atoms with E-state index in [0.29, 0.717) is 4.60 Å². The molecule has 0 unspecified atom stereocenters. The lowest BCUT2D eigenvalue weighted by Gasteiger charge is -2.02. The summed E-state index contributed by atoms with van der Waals surface area (Å²) in [6.45, 7) is 2.81. The topological polar surface area (TPSA) is 63.8 Å². The van der Waals surface area contributed by atoms with Gasteiger partial charge < -0.3 is 11.1 Å². The van der Waals surface area contributed by atoms with Crippen LogP contribution >= 0.6 is 15.9 Å². The number of anilines is 2. The van der Waals surface area contributed by atoms with Gasteiger partial charge in [-0.1, -0.05) is 0 Å². The number of hydrogen-bond acceptors (Lipinski definition) is 4. The summed E-state index contributed by atoms with van der Waals surface area (Å²) >= 11 is 3.21. The fraction of sp³-hybridized carbons (Fsp3) is 0.333. The first-order valence-electron chi connectivity index (χ1n) is 3.26. The van der Waals surface area contributed by atoms with Crippen LogP contribution in [0.4, 0.5) is 11.8 Å². The molecular formula is C6H9BrN4. The van der Waals surface area contributed by atoms with Crippen LogP contribution in [0, 0.1) is 0 Å². The van der Waals surface area contributed by atoms with Crippen molar-refractivity contribution in [2.75, 3.05) is 17.6 Å². The smallest absolute Gasteiger partial charge is 0.223 e. The fourth-order valence-corrected chi connectivity index (χ4v) is 1.11. The van der Waals surface area contributed by atoms with Gasteiger partial charge in [-0.3, -0.25) is 0 Å². The van der Waals surface area contributed by atoms with Gasteiger partial charge in [0.15, 0.2) is 0 Å². The van der Waals surface area contributed by atoms with Gasteiger partial charge in [0.1, 0.15) is 10.4 Å². The summed E-state index contributed by atoms with van der Waals surface area (Å²) in [7, 11) is 0. The maximum absolute atomic E-state index is 5.40. The molecule has 0 bridgehead atoms. The van der Waals surface area contributed by atoms with Crippen molar-refractivity contribution >= 4 is 27.7 Å². The van der Waals surface area contributed by atoms with E-state index < -0.39 is 0 Å². The molecule has 1 aromatic rings. The largest absolute Gasteiger partial charge is 0.370 e. The summed E-state index contributed by atoms with van der Waals surface area (Å²) in [4.78, 5) is 7.81. The number of rotatable bonds is 2. The summed E-state index contributed by atoms with van der Waals surface area (Å²) in [6.07, 6.45) is 0. The zero-order valence-electron chi connectivity index (χ0n) is 6.13. The Labute approximate surface area is 73.4 Å². The molecule has 4 nitrogen and oxygen atoms in total. The van der Waals surface area contributed by atoms with Crippen molar-refractivity contribution in [3.63, 3.8) is 0 Å². The predicted molar refractivity (Wildman–Crippen MR) is 48.3 cm³/mol. The van der Waals surface area contributed by atoms with Crippen molar-refractivity contribution in [1.82, 2.24) is 9.97 Å². The van der Waals surface area contributed by atoms with E-state index in [1.165, 1.54) is 0 Å². The molecular weight excluding hydrogens is 208 g/mol. The second-order valence-corrected chi connectivity index (χ2v) is 2.78. The standard InChI is InChI=1S/C6H9BrN4/c1-2-9-5-3-4(7)10-6(8)11-5/h3H,2H2,1H3,(H3,8,9,10,11). The Balaban J connectivity index is 2.89. The van der Waals surface area contributed by atoms with E-state index in [0.717, 1.165) is 12.4 Å². The van der Waals surface area contributed by atoms with Crippen molar-refractivity contribution < 1.29 is 0 Å². The molecule has 0 fully saturated rings. The minimum Gasteiger partial charge on any atom is -0.370 e. The number of nitrogens with two attached hydrogens (primary N) is 1. The Morgan fingerprint density at radius 3 is 2.91 bits per heavy atom. The van der Waals surface area contributed by atoms with E-state index in [2.05, 4.69) is 31.2 Å². The minimum atomic E-state index is 0.273. The summed E-state index contributed by atoms with van der Waals surface area (Å²) in [5, 5.41) is 3.03. The lowest BCUT2D eigenvalue weighted by molar-refractivity contribution is 1.11. The van der Waals surface area contributed by atoms with Gasteiger partial charge in [-0.15, -0.1) is 0 Å². The third-order valence-electron chi connectivity index (χ3n) is 1.07. The number of nitrogens with one attached hydrogen (secondary N) is 1. The monoisotopic (exact) mass is 216 g/mol. The third kappa shape index (κ3) is 2.34. The van der Waals surface area contributed by atoms with Crippen LogP contribution < -0.4 is 11.1 Å². The highest BCUT2D eigenvalue weighted by Gasteiger charge is 1.96. The highest BCUT2D eigenvalue weighted by atomic mass is 79.9. The lowest BCUT2D eigenvalue weighted by Crippen LogP contribution is -2.03. The highest BCUT2D eigenvalue weighted by Crippen LogP contribution is 2.12. The second kappa shape index (κ2) is 3.52. The SMILES string of the molecule is CCNc1cc(Br)nc(N)n1. The van der Waals surface area contributed by atoms with Crippen LogP contribution in [-0.4, -0.2) is 16.5 Å². The van der Waals surface area contributed by atoms with Gasteiger partial charge in [0, 0.05) is 12.6 Å². The van der Waals surface area contributed by atoms with Crippen LogP contribution in [0.15, 0.2) is 10.7 Å². The summed E-state index contributed by atoms with van der Waals surface area (Å²) < 4.78 is 0.695. The van der Waals surface area contributed by atoms with E-state index in [1.807, 2.05) is 6.92 Å². The van der Waals surface area contributed by atoms with E-state index >= 15 is 0 Å². The molecule has 1 rings (SSSR count). The van der Waals surface area contributed by atoms with E-state index in [-0.39, 0.29) is 5.95 Å². The normalized spacial score (nSPS) is 9.64. The van der Waals surface area contributed by atoms with Crippen LogP contribution in [0.1, 0.15) is 6.92 Å². The summed E-state index contributed by atoms with van der Waals surface area (Å²) in [6, 6.07) is 1.78. The van der Waals surface area contributed by atoms with Crippen molar-refractivity contribution in [3.8, 4) is 0 Å². The fourth-order valence-electron chi connectivity index (χ4n) is 0.707. The minimum absolute atomic E-state index is 0.273. The molecule has 1 heterocycles. The maximum atomic E-state index is 5.40. The molecule has 11 heavy (non-hydrogen) atoms. The Morgan fingerprint density at radius 2 is 2.36 bits per heavy atom. The maximum Gasteiger partial charge on any atom is 0.223 e. The van der Waals surface area contributed by atoms with Gasteiger partial charge in [0.05, 0.1) is 0 Å². The van der Waals surface area contributed by atoms with Gasteiger partial charge in [-0.05, 0) is 22.9 Å². The molecule has 0 aliphatic heterocycles. The number of hydrogen-bond donors (Lipinski definition) is 2. The van der Waals surface area contributed by atoms with Gasteiger partial charge in [0.25, 0.3) is 0 Å². The molecule has 60 valence electrons. The molecule has 0 radical (unpaired) electrons. The van der Waals surface area contributed by atoms with Crippen molar-refractivity contribution in [2.45, 2.75) is 6.92 Å². The first-order chi connectivity index (χ1) is 5.22. The van der Waals surface area contributed by atoms with E-state index in [4.69, 9.17) is 5.73 Å². The molecule has 0 aliphatic rings. The number of nitrogen functional groups attached to an aromatic ring is 1. The molecule has 0 spiro atoms. The van der Waals surface area contributed by atoms with Crippen molar-refractivity contribution in [3.05, 3.63) is 10.7 Å².